The molecule has 1 rings (SSSR count). The predicted molar refractivity (Wildman–Crippen MR) is 73.1 cm³/mol. The first-order chi connectivity index (χ1) is 8.32. The smallest absolute Gasteiger partial charge is 0.238 e. The number of phenols is 1. The first kappa shape index (κ1) is 15.1. The third kappa shape index (κ3) is 3.77. The molecule has 0 aliphatic carbocycles. The third-order valence-electron chi connectivity index (χ3n) is 2.52. The summed E-state index contributed by atoms with van der Waals surface area (Å²) in [7, 11) is 3.38. The molecule has 1 atom stereocenters. The summed E-state index contributed by atoms with van der Waals surface area (Å²) in [6, 6.07) is 2.73. The summed E-state index contributed by atoms with van der Waals surface area (Å²) < 4.78 is 0. The Balaban J connectivity index is 2.72. The molecule has 0 heterocycles. The van der Waals surface area contributed by atoms with Gasteiger partial charge in [0.25, 0.3) is 0 Å². The average molecular weight is 291 g/mol. The van der Waals surface area contributed by atoms with Crippen molar-refractivity contribution >= 4 is 29.1 Å². The number of aromatic hydroxyl groups is 1. The summed E-state index contributed by atoms with van der Waals surface area (Å²) in [6.45, 7) is 2.07. The summed E-state index contributed by atoms with van der Waals surface area (Å²) in [5.41, 5.74) is 0.561. The highest BCUT2D eigenvalue weighted by Crippen LogP contribution is 2.30. The van der Waals surface area contributed by atoms with Crippen molar-refractivity contribution in [2.45, 2.75) is 19.5 Å². The van der Waals surface area contributed by atoms with Crippen LogP contribution in [0.4, 0.5) is 0 Å². The number of hydrogen-bond donors (Lipinski definition) is 2. The van der Waals surface area contributed by atoms with E-state index >= 15 is 0 Å². The van der Waals surface area contributed by atoms with E-state index in [0.717, 1.165) is 0 Å². The van der Waals surface area contributed by atoms with Crippen LogP contribution in [0.2, 0.25) is 10.0 Å². The zero-order valence-corrected chi connectivity index (χ0v) is 12.0. The Labute approximate surface area is 116 Å². The van der Waals surface area contributed by atoms with Gasteiger partial charge in [0.2, 0.25) is 5.91 Å². The van der Waals surface area contributed by atoms with Crippen LogP contribution in [0, 0.1) is 0 Å². The molecule has 0 aromatic heterocycles. The second kappa shape index (κ2) is 6.27. The highest BCUT2D eigenvalue weighted by Gasteiger charge is 2.15. The number of nitrogens with zero attached hydrogens (tertiary/aromatic N) is 1. The van der Waals surface area contributed by atoms with Crippen molar-refractivity contribution in [3.8, 4) is 5.75 Å². The summed E-state index contributed by atoms with van der Waals surface area (Å²) in [4.78, 5) is 13.1. The first-order valence-corrected chi connectivity index (χ1v) is 6.20. The molecular weight excluding hydrogens is 275 g/mol. The number of carbonyl (C=O) groups is 1. The minimum Gasteiger partial charge on any atom is -0.506 e. The molecule has 0 fully saturated rings. The third-order valence-corrected chi connectivity index (χ3v) is 3.02. The molecule has 1 aromatic rings. The maximum Gasteiger partial charge on any atom is 0.238 e. The Kier molecular flexibility index (Phi) is 5.26. The quantitative estimate of drug-likeness (QED) is 0.894. The highest BCUT2D eigenvalue weighted by atomic mass is 35.5. The molecule has 1 amide bonds. The van der Waals surface area contributed by atoms with Crippen LogP contribution in [0.3, 0.4) is 0 Å². The van der Waals surface area contributed by atoms with Gasteiger partial charge in [0.15, 0.2) is 0 Å². The van der Waals surface area contributed by atoms with Gasteiger partial charge in [0, 0.05) is 31.2 Å². The lowest BCUT2D eigenvalue weighted by molar-refractivity contribution is -0.130. The molecule has 6 heteroatoms. The van der Waals surface area contributed by atoms with Crippen molar-refractivity contribution in [1.82, 2.24) is 10.2 Å². The van der Waals surface area contributed by atoms with Crippen LogP contribution in [-0.4, -0.2) is 36.1 Å². The van der Waals surface area contributed by atoms with Gasteiger partial charge >= 0.3 is 0 Å². The first-order valence-electron chi connectivity index (χ1n) is 5.44. The van der Waals surface area contributed by atoms with E-state index in [4.69, 9.17) is 23.2 Å². The van der Waals surface area contributed by atoms with Crippen molar-refractivity contribution in [2.24, 2.45) is 0 Å². The maximum atomic E-state index is 11.6. The largest absolute Gasteiger partial charge is 0.506 e. The molecule has 0 radical (unpaired) electrons. The SMILES string of the molecule is CC(NCc1cc(Cl)cc(Cl)c1O)C(=O)N(C)C. The molecule has 4 nitrogen and oxygen atoms in total. The number of likely N-dealkylation sites (N-methyl/N-ethyl adjacent to an activating group) is 1. The molecule has 2 N–H and O–H groups in total. The normalized spacial score (nSPS) is 12.3. The van der Waals surface area contributed by atoms with Gasteiger partial charge in [0.05, 0.1) is 11.1 Å². The number of amides is 1. The van der Waals surface area contributed by atoms with E-state index in [2.05, 4.69) is 5.32 Å². The van der Waals surface area contributed by atoms with Gasteiger partial charge in [-0.1, -0.05) is 23.2 Å². The van der Waals surface area contributed by atoms with Crippen molar-refractivity contribution < 1.29 is 9.90 Å². The van der Waals surface area contributed by atoms with E-state index in [-0.39, 0.29) is 22.7 Å². The lowest BCUT2D eigenvalue weighted by atomic mass is 10.2. The Morgan fingerprint density at radius 2 is 2.06 bits per heavy atom. The van der Waals surface area contributed by atoms with Crippen LogP contribution in [0.5, 0.6) is 5.75 Å². The fraction of sp³-hybridized carbons (Fsp3) is 0.417. The van der Waals surface area contributed by atoms with Gasteiger partial charge in [-0.3, -0.25) is 4.79 Å². The molecule has 0 saturated carbocycles. The molecule has 0 aliphatic heterocycles. The number of hydrogen-bond acceptors (Lipinski definition) is 3. The van der Waals surface area contributed by atoms with Crippen molar-refractivity contribution in [2.75, 3.05) is 14.1 Å². The van der Waals surface area contributed by atoms with Crippen LogP contribution >= 0.6 is 23.2 Å². The van der Waals surface area contributed by atoms with Crippen LogP contribution in [0.1, 0.15) is 12.5 Å². The van der Waals surface area contributed by atoms with Gasteiger partial charge in [-0.25, -0.2) is 0 Å². The fourth-order valence-electron chi connectivity index (χ4n) is 1.49. The van der Waals surface area contributed by atoms with Crippen molar-refractivity contribution in [1.29, 1.82) is 0 Å². The van der Waals surface area contributed by atoms with Gasteiger partial charge in [-0.15, -0.1) is 0 Å². The van der Waals surface area contributed by atoms with Crippen molar-refractivity contribution in [3.05, 3.63) is 27.7 Å². The minimum absolute atomic E-state index is 0.0157. The van der Waals surface area contributed by atoms with E-state index in [1.165, 1.54) is 11.0 Å². The molecule has 0 saturated heterocycles. The highest BCUT2D eigenvalue weighted by molar-refractivity contribution is 6.35. The topological polar surface area (TPSA) is 52.6 Å². The van der Waals surface area contributed by atoms with Gasteiger partial charge in [0.1, 0.15) is 5.75 Å². The van der Waals surface area contributed by atoms with E-state index in [1.807, 2.05) is 0 Å². The lowest BCUT2D eigenvalue weighted by Gasteiger charge is -2.18. The standard InChI is InChI=1S/C12H16Cl2N2O2/c1-7(12(18)16(2)3)15-6-8-4-9(13)5-10(14)11(8)17/h4-5,7,15,17H,6H2,1-3H3. The lowest BCUT2D eigenvalue weighted by Crippen LogP contribution is -2.41. The Morgan fingerprint density at radius 1 is 1.44 bits per heavy atom. The number of halogens is 2. The monoisotopic (exact) mass is 290 g/mol. The average Bonchev–Trinajstić information content (AvgIpc) is 2.30. The molecule has 18 heavy (non-hydrogen) atoms. The minimum atomic E-state index is -0.350. The second-order valence-corrected chi connectivity index (χ2v) is 5.07. The summed E-state index contributed by atoms with van der Waals surface area (Å²) in [6.07, 6.45) is 0. The Morgan fingerprint density at radius 3 is 2.61 bits per heavy atom. The summed E-state index contributed by atoms with van der Waals surface area (Å²) >= 11 is 11.7. The Hall–Kier alpha value is -0.970. The van der Waals surface area contributed by atoms with E-state index < -0.39 is 0 Å². The molecular formula is C12H16Cl2N2O2. The van der Waals surface area contributed by atoms with E-state index in [9.17, 15) is 9.90 Å². The molecule has 0 bridgehead atoms. The number of rotatable bonds is 4. The fourth-order valence-corrected chi connectivity index (χ4v) is 2.03. The summed E-state index contributed by atoms with van der Waals surface area (Å²) in [5.74, 6) is -0.0549. The van der Waals surface area contributed by atoms with Crippen LogP contribution in [0.15, 0.2) is 12.1 Å². The van der Waals surface area contributed by atoms with Crippen molar-refractivity contribution in [3.63, 3.8) is 0 Å². The van der Waals surface area contributed by atoms with Gasteiger partial charge in [-0.2, -0.15) is 0 Å². The number of nitrogens with one attached hydrogen (secondary N) is 1. The van der Waals surface area contributed by atoms with E-state index in [1.54, 1.807) is 27.1 Å². The van der Waals surface area contributed by atoms with Crippen LogP contribution in [-0.2, 0) is 11.3 Å². The van der Waals surface area contributed by atoms with Crippen LogP contribution in [0.25, 0.3) is 0 Å². The number of phenolic OH excluding ortho intramolecular Hbond substituents is 1. The van der Waals surface area contributed by atoms with Gasteiger partial charge < -0.3 is 15.3 Å². The van der Waals surface area contributed by atoms with Gasteiger partial charge in [-0.05, 0) is 19.1 Å². The Bertz CT molecular complexity index is 450. The number of carbonyl (C=O) groups excluding carboxylic acids is 1. The molecule has 1 unspecified atom stereocenters. The maximum absolute atomic E-state index is 11.6. The summed E-state index contributed by atoms with van der Waals surface area (Å²) in [5, 5.41) is 13.4. The van der Waals surface area contributed by atoms with E-state index in [0.29, 0.717) is 17.1 Å². The zero-order valence-electron chi connectivity index (χ0n) is 10.5. The molecule has 100 valence electrons. The van der Waals surface area contributed by atoms with Crippen LogP contribution < -0.4 is 5.32 Å². The molecule has 0 aliphatic rings. The molecule has 0 spiro atoms. The zero-order chi connectivity index (χ0) is 13.9. The number of benzene rings is 1. The molecule has 1 aromatic carbocycles. The predicted octanol–water partition coefficient (Wildman–Crippen LogP) is 2.27. The second-order valence-electron chi connectivity index (χ2n) is 4.23.